The van der Waals surface area contributed by atoms with Gasteiger partial charge in [-0.15, -0.1) is 0 Å². The minimum absolute atomic E-state index is 0.441. The summed E-state index contributed by atoms with van der Waals surface area (Å²) in [6, 6.07) is 10.8. The normalized spacial score (nSPS) is 11.4. The lowest BCUT2D eigenvalue weighted by molar-refractivity contribution is 0.582. The van der Waals surface area contributed by atoms with Gasteiger partial charge in [0.15, 0.2) is 0 Å². The average Bonchev–Trinajstić information content (AvgIpc) is 2.90. The number of aryl methyl sites for hydroxylation is 1. The van der Waals surface area contributed by atoms with E-state index in [0.717, 1.165) is 34.7 Å². The summed E-state index contributed by atoms with van der Waals surface area (Å²) in [5.41, 5.74) is 3.20. The molecule has 0 amide bonds. The molecule has 108 valence electrons. The molecule has 0 bridgehead atoms. The van der Waals surface area contributed by atoms with E-state index in [0.29, 0.717) is 6.04 Å². The van der Waals surface area contributed by atoms with Gasteiger partial charge in [-0.3, -0.25) is 4.98 Å². The van der Waals surface area contributed by atoms with E-state index in [1.54, 1.807) is 0 Å². The Morgan fingerprint density at radius 3 is 2.76 bits per heavy atom. The minimum atomic E-state index is 0.441. The molecule has 0 saturated heterocycles. The molecule has 4 heteroatoms. The number of hydrogen-bond donors (Lipinski definition) is 1. The Morgan fingerprint density at radius 2 is 2.05 bits per heavy atom. The molecule has 0 atom stereocenters. The van der Waals surface area contributed by atoms with Gasteiger partial charge in [-0.25, -0.2) is 4.98 Å². The van der Waals surface area contributed by atoms with Gasteiger partial charge in [-0.05, 0) is 19.1 Å². The number of benzene rings is 1. The molecule has 0 radical (unpaired) electrons. The molecular formula is C17H20N4. The Labute approximate surface area is 124 Å². The number of aromatic nitrogens is 3. The molecule has 2 aromatic heterocycles. The van der Waals surface area contributed by atoms with Crippen molar-refractivity contribution in [3.63, 3.8) is 0 Å². The fourth-order valence-electron chi connectivity index (χ4n) is 2.44. The Balaban J connectivity index is 2.14. The van der Waals surface area contributed by atoms with E-state index in [9.17, 15) is 0 Å². The first-order valence-electron chi connectivity index (χ1n) is 7.27. The maximum atomic E-state index is 4.75. The van der Waals surface area contributed by atoms with E-state index in [1.165, 1.54) is 0 Å². The zero-order chi connectivity index (χ0) is 14.8. The first-order chi connectivity index (χ1) is 10.1. The van der Waals surface area contributed by atoms with Crippen LogP contribution >= 0.6 is 0 Å². The molecule has 3 rings (SSSR count). The topological polar surface area (TPSA) is 42.7 Å². The van der Waals surface area contributed by atoms with Crippen LogP contribution in [0.2, 0.25) is 0 Å². The Kier molecular flexibility index (Phi) is 3.71. The fraction of sp³-hybridized carbons (Fsp3) is 0.294. The van der Waals surface area contributed by atoms with Crippen LogP contribution in [-0.2, 0) is 6.54 Å². The van der Waals surface area contributed by atoms with Crippen LogP contribution in [0, 0.1) is 6.92 Å². The second-order valence-electron chi connectivity index (χ2n) is 5.53. The van der Waals surface area contributed by atoms with Crippen LogP contribution in [0.15, 0.2) is 42.7 Å². The summed E-state index contributed by atoms with van der Waals surface area (Å²) in [7, 11) is 0. The van der Waals surface area contributed by atoms with Crippen LogP contribution in [0.3, 0.4) is 0 Å². The van der Waals surface area contributed by atoms with E-state index in [2.05, 4.69) is 46.9 Å². The first kappa shape index (κ1) is 13.8. The van der Waals surface area contributed by atoms with Crippen molar-refractivity contribution in [1.82, 2.24) is 19.9 Å². The quantitative estimate of drug-likeness (QED) is 0.798. The molecule has 0 spiro atoms. The average molecular weight is 280 g/mol. The Hall–Kier alpha value is -2.20. The molecule has 0 aliphatic rings. The smallest absolute Gasteiger partial charge is 0.110 e. The number of nitrogens with zero attached hydrogens (tertiary/aromatic N) is 3. The third-order valence-corrected chi connectivity index (χ3v) is 3.52. The summed E-state index contributed by atoms with van der Waals surface area (Å²) < 4.78 is 2.11. The summed E-state index contributed by atoms with van der Waals surface area (Å²) in [5.74, 6) is 0.981. The Morgan fingerprint density at radius 1 is 1.24 bits per heavy atom. The fourth-order valence-corrected chi connectivity index (χ4v) is 2.44. The number of pyridine rings is 1. The van der Waals surface area contributed by atoms with Crippen LogP contribution in [0.4, 0.5) is 0 Å². The number of fused-ring (bicyclic) bond motifs is 1. The first-order valence-corrected chi connectivity index (χ1v) is 7.27. The number of imidazole rings is 1. The van der Waals surface area contributed by atoms with Crippen molar-refractivity contribution in [2.75, 3.05) is 0 Å². The molecule has 4 nitrogen and oxygen atoms in total. The lowest BCUT2D eigenvalue weighted by Crippen LogP contribution is -2.22. The molecule has 1 N–H and O–H groups in total. The van der Waals surface area contributed by atoms with Crippen LogP contribution in [0.1, 0.15) is 25.4 Å². The van der Waals surface area contributed by atoms with Gasteiger partial charge in [0.1, 0.15) is 5.82 Å². The highest BCUT2D eigenvalue weighted by atomic mass is 15.1. The van der Waals surface area contributed by atoms with Gasteiger partial charge in [-0.1, -0.05) is 32.0 Å². The standard InChI is InChI=1S/C17H20N4/c1-12(2)19-11-14-10-17(21-9-8-18-13(21)3)15-6-4-5-7-16(15)20-14/h4-10,12,19H,11H2,1-3H3. The van der Waals surface area contributed by atoms with Gasteiger partial charge in [0.25, 0.3) is 0 Å². The van der Waals surface area contributed by atoms with Gasteiger partial charge in [-0.2, -0.15) is 0 Å². The van der Waals surface area contributed by atoms with Crippen LogP contribution in [-0.4, -0.2) is 20.6 Å². The zero-order valence-electron chi connectivity index (χ0n) is 12.7. The van der Waals surface area contributed by atoms with Crippen LogP contribution in [0.5, 0.6) is 0 Å². The van der Waals surface area contributed by atoms with Crippen molar-refractivity contribution in [1.29, 1.82) is 0 Å². The molecule has 1 aromatic carbocycles. The minimum Gasteiger partial charge on any atom is -0.309 e. The second kappa shape index (κ2) is 5.66. The van der Waals surface area contributed by atoms with Gasteiger partial charge in [0.2, 0.25) is 0 Å². The van der Waals surface area contributed by atoms with E-state index in [4.69, 9.17) is 4.98 Å². The number of hydrogen-bond acceptors (Lipinski definition) is 3. The SMILES string of the molecule is Cc1nccn1-c1cc(CNC(C)C)nc2ccccc12. The molecule has 0 fully saturated rings. The summed E-state index contributed by atoms with van der Waals surface area (Å²) in [6.07, 6.45) is 3.83. The van der Waals surface area contributed by atoms with Crippen LogP contribution < -0.4 is 5.32 Å². The third-order valence-electron chi connectivity index (χ3n) is 3.52. The molecule has 0 unspecified atom stereocenters. The van der Waals surface area contributed by atoms with E-state index < -0.39 is 0 Å². The highest BCUT2D eigenvalue weighted by molar-refractivity contribution is 5.87. The maximum Gasteiger partial charge on any atom is 0.110 e. The van der Waals surface area contributed by atoms with Crippen LogP contribution in [0.25, 0.3) is 16.6 Å². The van der Waals surface area contributed by atoms with E-state index in [1.807, 2.05) is 31.5 Å². The zero-order valence-corrected chi connectivity index (χ0v) is 12.7. The molecule has 0 aliphatic carbocycles. The number of para-hydroxylation sites is 1. The highest BCUT2D eigenvalue weighted by Crippen LogP contribution is 2.23. The number of nitrogens with one attached hydrogen (secondary N) is 1. The predicted molar refractivity (Wildman–Crippen MR) is 85.6 cm³/mol. The van der Waals surface area contributed by atoms with Gasteiger partial charge in [0.05, 0.1) is 16.9 Å². The van der Waals surface area contributed by atoms with Crippen molar-refractivity contribution < 1.29 is 0 Å². The summed E-state index contributed by atoms with van der Waals surface area (Å²) >= 11 is 0. The molecular weight excluding hydrogens is 260 g/mol. The summed E-state index contributed by atoms with van der Waals surface area (Å²) in [6.45, 7) is 7.06. The molecule has 2 heterocycles. The van der Waals surface area contributed by atoms with Gasteiger partial charge < -0.3 is 9.88 Å². The predicted octanol–water partition coefficient (Wildman–Crippen LogP) is 3.23. The van der Waals surface area contributed by atoms with Crippen molar-refractivity contribution in [3.8, 4) is 5.69 Å². The molecule has 0 saturated carbocycles. The summed E-state index contributed by atoms with van der Waals surface area (Å²) in [4.78, 5) is 9.08. The highest BCUT2D eigenvalue weighted by Gasteiger charge is 2.09. The molecule has 3 aromatic rings. The lowest BCUT2D eigenvalue weighted by atomic mass is 10.1. The van der Waals surface area contributed by atoms with Crippen molar-refractivity contribution in [2.45, 2.75) is 33.4 Å². The Bertz CT molecular complexity index is 758. The van der Waals surface area contributed by atoms with Gasteiger partial charge in [0, 0.05) is 30.4 Å². The second-order valence-corrected chi connectivity index (χ2v) is 5.53. The number of rotatable bonds is 4. The van der Waals surface area contributed by atoms with E-state index >= 15 is 0 Å². The summed E-state index contributed by atoms with van der Waals surface area (Å²) in [5, 5.41) is 4.57. The largest absolute Gasteiger partial charge is 0.309 e. The third kappa shape index (κ3) is 2.81. The van der Waals surface area contributed by atoms with E-state index in [-0.39, 0.29) is 0 Å². The van der Waals surface area contributed by atoms with Crippen molar-refractivity contribution in [2.24, 2.45) is 0 Å². The van der Waals surface area contributed by atoms with Crippen molar-refractivity contribution >= 4 is 10.9 Å². The lowest BCUT2D eigenvalue weighted by Gasteiger charge is -2.13. The van der Waals surface area contributed by atoms with Crippen molar-refractivity contribution in [3.05, 3.63) is 54.2 Å². The molecule has 21 heavy (non-hydrogen) atoms. The monoisotopic (exact) mass is 280 g/mol. The maximum absolute atomic E-state index is 4.75. The van der Waals surface area contributed by atoms with Gasteiger partial charge >= 0.3 is 0 Å². The molecule has 0 aliphatic heterocycles.